The number of esters is 1. The highest BCUT2D eigenvalue weighted by Crippen LogP contribution is 2.65. The van der Waals surface area contributed by atoms with Crippen LogP contribution in [0.25, 0.3) is 0 Å². The minimum absolute atomic E-state index is 0.0789. The fraction of sp³-hybridized carbons (Fsp3) is 0.667. The van der Waals surface area contributed by atoms with Gasteiger partial charge >= 0.3 is 13.1 Å². The van der Waals surface area contributed by atoms with Gasteiger partial charge in [-0.25, -0.2) is 4.79 Å². The van der Waals surface area contributed by atoms with Crippen molar-refractivity contribution in [1.82, 2.24) is 0 Å². The number of benzene rings is 1. The SMILES string of the molecule is COc1ccc(C(=O)OC(C)C)cc1B1OC2CC3CC(C3(C)C)C2(C)O1. The monoisotopic (exact) mass is 372 g/mol. The summed E-state index contributed by atoms with van der Waals surface area (Å²) >= 11 is 0. The third-order valence-electron chi connectivity index (χ3n) is 7.01. The van der Waals surface area contributed by atoms with E-state index in [2.05, 4.69) is 20.8 Å². The van der Waals surface area contributed by atoms with Crippen LogP contribution in [0.5, 0.6) is 5.75 Å². The van der Waals surface area contributed by atoms with Crippen molar-refractivity contribution in [2.75, 3.05) is 7.11 Å². The Bertz CT molecular complexity index is 761. The molecule has 1 aromatic rings. The highest BCUT2D eigenvalue weighted by Gasteiger charge is 2.68. The highest BCUT2D eigenvalue weighted by molar-refractivity contribution is 6.63. The van der Waals surface area contributed by atoms with Gasteiger partial charge in [0.2, 0.25) is 0 Å². The van der Waals surface area contributed by atoms with Crippen LogP contribution >= 0.6 is 0 Å². The van der Waals surface area contributed by atoms with E-state index in [0.29, 0.717) is 23.1 Å². The van der Waals surface area contributed by atoms with E-state index >= 15 is 0 Å². The van der Waals surface area contributed by atoms with E-state index in [1.807, 2.05) is 13.8 Å². The predicted octanol–water partition coefficient (Wildman–Crippen LogP) is 3.20. The Morgan fingerprint density at radius 3 is 2.63 bits per heavy atom. The van der Waals surface area contributed by atoms with Gasteiger partial charge in [-0.2, -0.15) is 0 Å². The molecule has 4 unspecified atom stereocenters. The van der Waals surface area contributed by atoms with Crippen molar-refractivity contribution in [3.8, 4) is 5.75 Å². The average molecular weight is 372 g/mol. The molecule has 2 bridgehead atoms. The lowest BCUT2D eigenvalue weighted by Gasteiger charge is -2.64. The van der Waals surface area contributed by atoms with E-state index in [9.17, 15) is 4.79 Å². The molecule has 4 fully saturated rings. The maximum atomic E-state index is 12.3. The Morgan fingerprint density at radius 1 is 1.26 bits per heavy atom. The molecule has 0 aromatic heterocycles. The molecular weight excluding hydrogens is 343 g/mol. The summed E-state index contributed by atoms with van der Waals surface area (Å²) in [6.45, 7) is 10.5. The second-order valence-corrected chi connectivity index (χ2v) is 9.21. The lowest BCUT2D eigenvalue weighted by atomic mass is 9.43. The first-order valence-electron chi connectivity index (χ1n) is 9.89. The van der Waals surface area contributed by atoms with Gasteiger partial charge in [0.05, 0.1) is 30.5 Å². The van der Waals surface area contributed by atoms with Gasteiger partial charge in [-0.1, -0.05) is 13.8 Å². The van der Waals surface area contributed by atoms with Crippen LogP contribution in [0.1, 0.15) is 57.8 Å². The standard InChI is InChI=1S/C21H29BO5/c1-12(2)25-19(23)13-7-8-16(24-6)15(9-13)22-26-18-11-14-10-17(20(14,3)4)21(18,5)27-22/h7-9,12,14,17-18H,10-11H2,1-6H3. The van der Waals surface area contributed by atoms with E-state index in [1.54, 1.807) is 25.3 Å². The molecule has 0 spiro atoms. The van der Waals surface area contributed by atoms with Gasteiger partial charge in [-0.15, -0.1) is 0 Å². The molecule has 6 heteroatoms. The maximum absolute atomic E-state index is 12.3. The van der Waals surface area contributed by atoms with Crippen LogP contribution in [0.3, 0.4) is 0 Å². The van der Waals surface area contributed by atoms with Gasteiger partial charge in [0.1, 0.15) is 5.75 Å². The molecule has 5 nitrogen and oxygen atoms in total. The summed E-state index contributed by atoms with van der Waals surface area (Å²) in [6, 6.07) is 5.29. The summed E-state index contributed by atoms with van der Waals surface area (Å²) < 4.78 is 23.7. The minimum atomic E-state index is -0.531. The van der Waals surface area contributed by atoms with Crippen molar-refractivity contribution in [3.05, 3.63) is 23.8 Å². The molecule has 27 heavy (non-hydrogen) atoms. The van der Waals surface area contributed by atoms with Gasteiger partial charge in [-0.05, 0) is 69.1 Å². The van der Waals surface area contributed by atoms with Crippen molar-refractivity contribution in [2.24, 2.45) is 17.3 Å². The smallest absolute Gasteiger partial charge is 0.497 e. The molecule has 1 saturated heterocycles. The third kappa shape index (κ3) is 2.80. The van der Waals surface area contributed by atoms with Crippen LogP contribution in [0.4, 0.5) is 0 Å². The van der Waals surface area contributed by atoms with Gasteiger partial charge in [0, 0.05) is 5.46 Å². The van der Waals surface area contributed by atoms with Crippen molar-refractivity contribution >= 4 is 18.6 Å². The van der Waals surface area contributed by atoms with E-state index in [1.165, 1.54) is 6.42 Å². The number of methoxy groups -OCH3 is 1. The number of carbonyl (C=O) groups is 1. The summed E-state index contributed by atoms with van der Waals surface area (Å²) in [7, 11) is 1.09. The number of carbonyl (C=O) groups excluding carboxylic acids is 1. The second kappa shape index (κ2) is 6.24. The van der Waals surface area contributed by atoms with E-state index in [0.717, 1.165) is 11.9 Å². The van der Waals surface area contributed by atoms with Crippen molar-refractivity contribution < 1.29 is 23.6 Å². The first kappa shape index (κ1) is 18.8. The normalized spacial score (nSPS) is 33.4. The van der Waals surface area contributed by atoms with Gasteiger partial charge < -0.3 is 18.8 Å². The topological polar surface area (TPSA) is 54.0 Å². The lowest BCUT2D eigenvalue weighted by Crippen LogP contribution is -2.65. The van der Waals surface area contributed by atoms with Gasteiger partial charge in [0.25, 0.3) is 0 Å². The Balaban J connectivity index is 1.63. The Morgan fingerprint density at radius 2 is 2.00 bits per heavy atom. The summed E-state index contributed by atoms with van der Waals surface area (Å²) in [6.07, 6.45) is 2.13. The van der Waals surface area contributed by atoms with E-state index in [4.69, 9.17) is 18.8 Å². The predicted molar refractivity (Wildman–Crippen MR) is 103 cm³/mol. The Hall–Kier alpha value is -1.53. The van der Waals surface area contributed by atoms with Crippen LogP contribution in [0.2, 0.25) is 0 Å². The van der Waals surface area contributed by atoms with Gasteiger partial charge in [-0.3, -0.25) is 0 Å². The number of ether oxygens (including phenoxy) is 2. The molecule has 146 valence electrons. The van der Waals surface area contributed by atoms with Crippen molar-refractivity contribution in [3.63, 3.8) is 0 Å². The molecule has 4 aliphatic rings. The molecule has 3 aliphatic carbocycles. The van der Waals surface area contributed by atoms with Crippen LogP contribution < -0.4 is 10.2 Å². The van der Waals surface area contributed by atoms with Crippen LogP contribution in [-0.4, -0.2) is 38.0 Å². The fourth-order valence-electron chi connectivity index (χ4n) is 5.33. The summed E-state index contributed by atoms with van der Waals surface area (Å²) in [4.78, 5) is 12.3. The highest BCUT2D eigenvalue weighted by atomic mass is 16.7. The summed E-state index contributed by atoms with van der Waals surface area (Å²) in [5, 5.41) is 0. The van der Waals surface area contributed by atoms with Crippen LogP contribution in [0, 0.1) is 17.3 Å². The maximum Gasteiger partial charge on any atom is 0.498 e. The first-order chi connectivity index (χ1) is 12.7. The zero-order chi connectivity index (χ0) is 19.6. The summed E-state index contributed by atoms with van der Waals surface area (Å²) in [5.41, 5.74) is 1.22. The molecule has 1 heterocycles. The van der Waals surface area contributed by atoms with Crippen LogP contribution in [-0.2, 0) is 14.0 Å². The second-order valence-electron chi connectivity index (χ2n) is 9.21. The number of rotatable bonds is 4. The molecular formula is C21H29BO5. The molecule has 5 rings (SSSR count). The summed E-state index contributed by atoms with van der Waals surface area (Å²) in [5.74, 6) is 1.49. The van der Waals surface area contributed by atoms with Crippen LogP contribution in [0.15, 0.2) is 18.2 Å². The lowest BCUT2D eigenvalue weighted by molar-refractivity contribution is -0.199. The zero-order valence-corrected chi connectivity index (χ0v) is 17.1. The molecule has 3 saturated carbocycles. The molecule has 1 aromatic carbocycles. The molecule has 4 atom stereocenters. The minimum Gasteiger partial charge on any atom is -0.497 e. The largest absolute Gasteiger partial charge is 0.498 e. The van der Waals surface area contributed by atoms with E-state index in [-0.39, 0.29) is 29.2 Å². The molecule has 0 amide bonds. The number of hydrogen-bond donors (Lipinski definition) is 0. The van der Waals surface area contributed by atoms with Gasteiger partial charge in [0.15, 0.2) is 0 Å². The molecule has 0 N–H and O–H groups in total. The Kier molecular flexibility index (Phi) is 4.35. The molecule has 0 radical (unpaired) electrons. The first-order valence-corrected chi connectivity index (χ1v) is 9.89. The van der Waals surface area contributed by atoms with Crippen molar-refractivity contribution in [2.45, 2.75) is 65.3 Å². The zero-order valence-electron chi connectivity index (χ0n) is 17.1. The van der Waals surface area contributed by atoms with Crippen molar-refractivity contribution in [1.29, 1.82) is 0 Å². The third-order valence-corrected chi connectivity index (χ3v) is 7.01. The number of hydrogen-bond acceptors (Lipinski definition) is 5. The quantitative estimate of drug-likeness (QED) is 0.600. The van der Waals surface area contributed by atoms with E-state index < -0.39 is 7.12 Å². The average Bonchev–Trinajstić information content (AvgIpc) is 2.97. The fourth-order valence-corrected chi connectivity index (χ4v) is 5.33. The molecule has 1 aliphatic heterocycles. The Labute approximate surface area is 161 Å².